The average Bonchev–Trinajstić information content (AvgIpc) is 2.60. The predicted molar refractivity (Wildman–Crippen MR) is 65.5 cm³/mol. The van der Waals surface area contributed by atoms with Crippen molar-refractivity contribution < 1.29 is 4.79 Å². The largest absolute Gasteiger partial charge is 0.332 e. The van der Waals surface area contributed by atoms with Crippen LogP contribution in [0.25, 0.3) is 0 Å². The number of hydrogen-bond donors (Lipinski definition) is 0. The first-order valence-electron chi connectivity index (χ1n) is 5.77. The molecule has 17 heavy (non-hydrogen) atoms. The lowest BCUT2D eigenvalue weighted by molar-refractivity contribution is -0.132. The summed E-state index contributed by atoms with van der Waals surface area (Å²) < 4.78 is 0. The van der Waals surface area contributed by atoms with Crippen molar-refractivity contribution in [3.05, 3.63) is 22.2 Å². The molecule has 2 rings (SSSR count). The van der Waals surface area contributed by atoms with Crippen LogP contribution in [0.5, 0.6) is 0 Å². The first-order valence-corrected chi connectivity index (χ1v) is 6.15. The lowest BCUT2D eigenvalue weighted by Crippen LogP contribution is -2.26. The van der Waals surface area contributed by atoms with Crippen LogP contribution >= 0.6 is 11.6 Å². The third kappa shape index (κ3) is 2.57. The second-order valence-corrected chi connectivity index (χ2v) is 5.19. The summed E-state index contributed by atoms with van der Waals surface area (Å²) >= 11 is 5.81. The van der Waals surface area contributed by atoms with E-state index in [2.05, 4.69) is 9.97 Å². The van der Waals surface area contributed by atoms with Gasteiger partial charge >= 0.3 is 0 Å². The van der Waals surface area contributed by atoms with Gasteiger partial charge in [0.1, 0.15) is 0 Å². The highest BCUT2D eigenvalue weighted by Gasteiger charge is 2.26. The van der Waals surface area contributed by atoms with Crippen LogP contribution in [0.4, 0.5) is 0 Å². The lowest BCUT2D eigenvalue weighted by Gasteiger charge is -2.16. The van der Waals surface area contributed by atoms with Crippen molar-refractivity contribution in [3.8, 4) is 0 Å². The Morgan fingerprint density at radius 2 is 2.12 bits per heavy atom. The van der Waals surface area contributed by atoms with E-state index < -0.39 is 0 Å². The molecule has 0 saturated carbocycles. The SMILES string of the molecule is Cc1nc(Cl)nc2c1CN(C(=O)CC(C)C)C2. The number of aromatic nitrogens is 2. The summed E-state index contributed by atoms with van der Waals surface area (Å²) in [6, 6.07) is 0. The second-order valence-electron chi connectivity index (χ2n) is 4.85. The Kier molecular flexibility index (Phi) is 3.33. The zero-order valence-corrected chi connectivity index (χ0v) is 11.1. The molecular formula is C12H16ClN3O. The zero-order chi connectivity index (χ0) is 12.6. The minimum absolute atomic E-state index is 0.175. The highest BCUT2D eigenvalue weighted by molar-refractivity contribution is 6.28. The van der Waals surface area contributed by atoms with Crippen molar-refractivity contribution in [2.45, 2.75) is 40.3 Å². The number of hydrogen-bond acceptors (Lipinski definition) is 3. The van der Waals surface area contributed by atoms with Gasteiger partial charge in [0, 0.05) is 24.2 Å². The molecule has 0 aliphatic carbocycles. The van der Waals surface area contributed by atoms with Crippen LogP contribution in [0.15, 0.2) is 0 Å². The number of carbonyl (C=O) groups excluding carboxylic acids is 1. The molecule has 1 aliphatic rings. The maximum atomic E-state index is 12.0. The Morgan fingerprint density at radius 1 is 1.41 bits per heavy atom. The standard InChI is InChI=1S/C12H16ClN3O/c1-7(2)4-11(17)16-5-9-8(3)14-12(13)15-10(9)6-16/h7H,4-6H2,1-3H3. The molecule has 0 atom stereocenters. The third-order valence-corrected chi connectivity index (χ3v) is 3.07. The monoisotopic (exact) mass is 253 g/mol. The molecule has 0 unspecified atom stereocenters. The summed E-state index contributed by atoms with van der Waals surface area (Å²) in [5.74, 6) is 0.551. The van der Waals surface area contributed by atoms with E-state index in [1.165, 1.54) is 0 Å². The van der Waals surface area contributed by atoms with Crippen molar-refractivity contribution >= 4 is 17.5 Å². The first kappa shape index (κ1) is 12.3. The Bertz CT molecular complexity index is 459. The maximum absolute atomic E-state index is 12.0. The van der Waals surface area contributed by atoms with E-state index in [0.717, 1.165) is 17.0 Å². The Balaban J connectivity index is 2.16. The fourth-order valence-electron chi connectivity index (χ4n) is 2.04. The molecule has 1 aromatic heterocycles. The van der Waals surface area contributed by atoms with Crippen LogP contribution in [0.1, 0.15) is 37.2 Å². The van der Waals surface area contributed by atoms with Crippen LogP contribution in [0.3, 0.4) is 0 Å². The molecule has 0 N–H and O–H groups in total. The number of aryl methyl sites for hydroxylation is 1. The quantitative estimate of drug-likeness (QED) is 0.760. The fraction of sp³-hybridized carbons (Fsp3) is 0.583. The van der Waals surface area contributed by atoms with Crippen LogP contribution in [0.2, 0.25) is 5.28 Å². The van der Waals surface area contributed by atoms with Crippen molar-refractivity contribution in [1.29, 1.82) is 0 Å². The normalized spacial score (nSPS) is 14.3. The van der Waals surface area contributed by atoms with Gasteiger partial charge in [0.2, 0.25) is 11.2 Å². The zero-order valence-electron chi connectivity index (χ0n) is 10.3. The first-order chi connectivity index (χ1) is 7.97. The summed E-state index contributed by atoms with van der Waals surface area (Å²) in [5.41, 5.74) is 2.81. The number of carbonyl (C=O) groups is 1. The van der Waals surface area contributed by atoms with Crippen LogP contribution < -0.4 is 0 Å². The Morgan fingerprint density at radius 3 is 2.76 bits per heavy atom. The highest BCUT2D eigenvalue weighted by Crippen LogP contribution is 2.25. The molecule has 0 spiro atoms. The summed E-state index contributed by atoms with van der Waals surface area (Å²) in [4.78, 5) is 22.1. The molecule has 0 aromatic carbocycles. The average molecular weight is 254 g/mol. The molecular weight excluding hydrogens is 238 g/mol. The summed E-state index contributed by atoms with van der Waals surface area (Å²) in [5, 5.41) is 0.263. The van der Waals surface area contributed by atoms with Gasteiger partial charge in [0.25, 0.3) is 0 Å². The number of nitrogens with zero attached hydrogens (tertiary/aromatic N) is 3. The van der Waals surface area contributed by atoms with Gasteiger partial charge in [-0.2, -0.15) is 0 Å². The summed E-state index contributed by atoms with van der Waals surface area (Å²) in [7, 11) is 0. The molecule has 0 bridgehead atoms. The molecule has 92 valence electrons. The van der Waals surface area contributed by atoms with Crippen molar-refractivity contribution in [2.75, 3.05) is 0 Å². The van der Waals surface area contributed by atoms with Gasteiger partial charge in [0.15, 0.2) is 0 Å². The van der Waals surface area contributed by atoms with Crippen molar-refractivity contribution in [2.24, 2.45) is 5.92 Å². The van der Waals surface area contributed by atoms with E-state index >= 15 is 0 Å². The lowest BCUT2D eigenvalue weighted by atomic mass is 10.1. The molecule has 1 amide bonds. The van der Waals surface area contributed by atoms with E-state index in [9.17, 15) is 4.79 Å². The Hall–Kier alpha value is -1.16. The van der Waals surface area contributed by atoms with Crippen LogP contribution in [-0.4, -0.2) is 20.8 Å². The molecule has 0 radical (unpaired) electrons. The number of amides is 1. The van der Waals surface area contributed by atoms with Gasteiger partial charge in [-0.3, -0.25) is 4.79 Å². The van der Waals surface area contributed by atoms with E-state index in [1.807, 2.05) is 25.7 Å². The molecule has 0 fully saturated rings. The molecule has 1 aliphatic heterocycles. The highest BCUT2D eigenvalue weighted by atomic mass is 35.5. The van der Waals surface area contributed by atoms with E-state index in [1.54, 1.807) is 0 Å². The number of fused-ring (bicyclic) bond motifs is 1. The fourth-order valence-corrected chi connectivity index (χ4v) is 2.27. The van der Waals surface area contributed by atoms with Crippen molar-refractivity contribution in [3.63, 3.8) is 0 Å². The molecule has 5 heteroatoms. The minimum Gasteiger partial charge on any atom is -0.332 e. The summed E-state index contributed by atoms with van der Waals surface area (Å²) in [6.45, 7) is 7.17. The van der Waals surface area contributed by atoms with Gasteiger partial charge in [-0.25, -0.2) is 9.97 Å². The van der Waals surface area contributed by atoms with E-state index in [0.29, 0.717) is 25.4 Å². The van der Waals surface area contributed by atoms with Gasteiger partial charge in [-0.05, 0) is 24.4 Å². The minimum atomic E-state index is 0.175. The topological polar surface area (TPSA) is 46.1 Å². The van der Waals surface area contributed by atoms with Gasteiger partial charge in [-0.15, -0.1) is 0 Å². The van der Waals surface area contributed by atoms with Gasteiger partial charge in [-0.1, -0.05) is 13.8 Å². The second kappa shape index (κ2) is 4.61. The number of rotatable bonds is 2. The maximum Gasteiger partial charge on any atom is 0.223 e. The predicted octanol–water partition coefficient (Wildman–Crippen LogP) is 2.33. The third-order valence-electron chi connectivity index (χ3n) is 2.90. The Labute approximate surface area is 106 Å². The van der Waals surface area contributed by atoms with Gasteiger partial charge < -0.3 is 4.90 Å². The van der Waals surface area contributed by atoms with Crippen molar-refractivity contribution in [1.82, 2.24) is 14.9 Å². The number of halogens is 1. The van der Waals surface area contributed by atoms with Crippen LogP contribution in [-0.2, 0) is 17.9 Å². The summed E-state index contributed by atoms with van der Waals surface area (Å²) in [6.07, 6.45) is 0.578. The smallest absolute Gasteiger partial charge is 0.223 e. The molecule has 2 heterocycles. The molecule has 4 nitrogen and oxygen atoms in total. The molecule has 0 saturated heterocycles. The van der Waals surface area contributed by atoms with Gasteiger partial charge in [0.05, 0.1) is 12.2 Å². The van der Waals surface area contributed by atoms with E-state index in [-0.39, 0.29) is 11.2 Å². The van der Waals surface area contributed by atoms with Crippen LogP contribution in [0, 0.1) is 12.8 Å². The van der Waals surface area contributed by atoms with E-state index in [4.69, 9.17) is 11.6 Å². The molecule has 1 aromatic rings.